The number of hydrogen-bond acceptors (Lipinski definition) is 2. The van der Waals surface area contributed by atoms with Crippen molar-refractivity contribution in [3.63, 3.8) is 0 Å². The van der Waals surface area contributed by atoms with Crippen molar-refractivity contribution in [1.29, 1.82) is 0 Å². The van der Waals surface area contributed by atoms with Crippen molar-refractivity contribution in [2.24, 2.45) is 0 Å². The van der Waals surface area contributed by atoms with Crippen LogP contribution in [0.25, 0.3) is 11.1 Å². The van der Waals surface area contributed by atoms with E-state index in [1.54, 1.807) is 0 Å². The standard InChI is InChI=1S/C16H17NO/c1-2-16-15-6-5-12(10-13(15)7-9-18-16)14-4-3-8-17-11-14/h3-6,8,10-11,16H,2,7,9H2,1H3/t16-/m0/s1. The number of ether oxygens (including phenoxy) is 1. The van der Waals surface area contributed by atoms with E-state index in [9.17, 15) is 0 Å². The van der Waals surface area contributed by atoms with E-state index in [-0.39, 0.29) is 6.10 Å². The first-order valence-electron chi connectivity index (χ1n) is 6.53. The Morgan fingerprint density at radius 3 is 3.00 bits per heavy atom. The Balaban J connectivity index is 2.01. The van der Waals surface area contributed by atoms with Crippen molar-refractivity contribution < 1.29 is 4.74 Å². The number of hydrogen-bond donors (Lipinski definition) is 0. The maximum absolute atomic E-state index is 5.79. The summed E-state index contributed by atoms with van der Waals surface area (Å²) >= 11 is 0. The van der Waals surface area contributed by atoms with Crippen molar-refractivity contribution >= 4 is 0 Å². The van der Waals surface area contributed by atoms with E-state index in [4.69, 9.17) is 4.74 Å². The maximum Gasteiger partial charge on any atom is 0.0825 e. The second-order valence-corrected chi connectivity index (χ2v) is 4.67. The molecule has 2 heterocycles. The molecule has 2 nitrogen and oxygen atoms in total. The number of benzene rings is 1. The lowest BCUT2D eigenvalue weighted by atomic mass is 9.92. The third kappa shape index (κ3) is 2.04. The molecule has 0 fully saturated rings. The zero-order chi connectivity index (χ0) is 12.4. The lowest BCUT2D eigenvalue weighted by molar-refractivity contribution is 0.0399. The number of aromatic nitrogens is 1. The highest BCUT2D eigenvalue weighted by atomic mass is 16.5. The number of rotatable bonds is 2. The first-order chi connectivity index (χ1) is 8.88. The average molecular weight is 239 g/mol. The van der Waals surface area contributed by atoms with Crippen LogP contribution < -0.4 is 0 Å². The summed E-state index contributed by atoms with van der Waals surface area (Å²) in [6, 6.07) is 10.8. The molecule has 0 bridgehead atoms. The molecule has 0 unspecified atom stereocenters. The molecule has 92 valence electrons. The van der Waals surface area contributed by atoms with Gasteiger partial charge in [-0.1, -0.05) is 31.2 Å². The zero-order valence-electron chi connectivity index (χ0n) is 10.6. The lowest BCUT2D eigenvalue weighted by Crippen LogP contribution is -2.15. The fraction of sp³-hybridized carbons (Fsp3) is 0.312. The van der Waals surface area contributed by atoms with Crippen molar-refractivity contribution in [3.8, 4) is 11.1 Å². The molecule has 0 aliphatic carbocycles. The van der Waals surface area contributed by atoms with Crippen LogP contribution in [-0.2, 0) is 11.2 Å². The Morgan fingerprint density at radius 1 is 1.28 bits per heavy atom. The minimum absolute atomic E-state index is 0.275. The largest absolute Gasteiger partial charge is 0.373 e. The molecule has 1 aliphatic heterocycles. The van der Waals surface area contributed by atoms with Gasteiger partial charge in [-0.2, -0.15) is 0 Å². The van der Waals surface area contributed by atoms with Crippen LogP contribution in [0.5, 0.6) is 0 Å². The molecule has 2 heteroatoms. The molecular formula is C16H17NO. The summed E-state index contributed by atoms with van der Waals surface area (Å²) in [5.41, 5.74) is 5.21. The van der Waals surface area contributed by atoms with Gasteiger partial charge in [-0.3, -0.25) is 4.98 Å². The van der Waals surface area contributed by atoms with Crippen molar-refractivity contribution in [1.82, 2.24) is 4.98 Å². The third-order valence-corrected chi connectivity index (χ3v) is 3.55. The molecule has 0 saturated carbocycles. The Labute approximate surface area is 108 Å². The van der Waals surface area contributed by atoms with E-state index in [0.29, 0.717) is 0 Å². The van der Waals surface area contributed by atoms with Crippen LogP contribution in [0.2, 0.25) is 0 Å². The fourth-order valence-electron chi connectivity index (χ4n) is 2.59. The number of nitrogens with zero attached hydrogens (tertiary/aromatic N) is 1. The molecule has 0 radical (unpaired) electrons. The van der Waals surface area contributed by atoms with Gasteiger partial charge in [-0.15, -0.1) is 0 Å². The van der Waals surface area contributed by atoms with Gasteiger partial charge >= 0.3 is 0 Å². The molecule has 1 aliphatic rings. The molecule has 1 aromatic heterocycles. The Kier molecular flexibility index (Phi) is 3.11. The molecule has 0 spiro atoms. The number of fused-ring (bicyclic) bond motifs is 1. The predicted molar refractivity (Wildman–Crippen MR) is 72.4 cm³/mol. The van der Waals surface area contributed by atoms with Gasteiger partial charge in [0.2, 0.25) is 0 Å². The Bertz CT molecular complexity index is 536. The van der Waals surface area contributed by atoms with Gasteiger partial charge in [0.25, 0.3) is 0 Å². The van der Waals surface area contributed by atoms with Gasteiger partial charge in [-0.05, 0) is 41.2 Å². The van der Waals surface area contributed by atoms with Crippen molar-refractivity contribution in [2.75, 3.05) is 6.61 Å². The molecule has 2 aromatic rings. The molecule has 18 heavy (non-hydrogen) atoms. The molecule has 3 rings (SSSR count). The summed E-state index contributed by atoms with van der Waals surface area (Å²) in [4.78, 5) is 4.18. The van der Waals surface area contributed by atoms with E-state index in [2.05, 4.69) is 36.2 Å². The Hall–Kier alpha value is -1.67. The lowest BCUT2D eigenvalue weighted by Gasteiger charge is -2.25. The van der Waals surface area contributed by atoms with Gasteiger partial charge in [0.05, 0.1) is 12.7 Å². The first kappa shape index (κ1) is 11.4. The maximum atomic E-state index is 5.79. The smallest absolute Gasteiger partial charge is 0.0825 e. The topological polar surface area (TPSA) is 22.1 Å². The Morgan fingerprint density at radius 2 is 2.22 bits per heavy atom. The first-order valence-corrected chi connectivity index (χ1v) is 6.53. The van der Waals surface area contributed by atoms with E-state index >= 15 is 0 Å². The highest BCUT2D eigenvalue weighted by molar-refractivity contribution is 5.64. The predicted octanol–water partition coefficient (Wildman–Crippen LogP) is 3.77. The summed E-state index contributed by atoms with van der Waals surface area (Å²) in [5.74, 6) is 0. The average Bonchev–Trinajstić information content (AvgIpc) is 2.47. The monoisotopic (exact) mass is 239 g/mol. The van der Waals surface area contributed by atoms with Crippen LogP contribution >= 0.6 is 0 Å². The van der Waals surface area contributed by atoms with Gasteiger partial charge in [0.15, 0.2) is 0 Å². The van der Waals surface area contributed by atoms with Gasteiger partial charge in [0.1, 0.15) is 0 Å². The molecule has 0 amide bonds. The van der Waals surface area contributed by atoms with Crippen molar-refractivity contribution in [2.45, 2.75) is 25.9 Å². The van der Waals surface area contributed by atoms with Crippen LogP contribution in [0, 0.1) is 0 Å². The summed E-state index contributed by atoms with van der Waals surface area (Å²) in [6.45, 7) is 3.01. The molecule has 1 atom stereocenters. The van der Waals surface area contributed by atoms with E-state index in [0.717, 1.165) is 19.4 Å². The van der Waals surface area contributed by atoms with E-state index in [1.165, 1.54) is 22.3 Å². The second-order valence-electron chi connectivity index (χ2n) is 4.67. The normalized spacial score (nSPS) is 18.4. The summed E-state index contributed by atoms with van der Waals surface area (Å²) in [7, 11) is 0. The van der Waals surface area contributed by atoms with Crippen LogP contribution in [-0.4, -0.2) is 11.6 Å². The van der Waals surface area contributed by atoms with Crippen LogP contribution in [0.3, 0.4) is 0 Å². The molecule has 0 N–H and O–H groups in total. The zero-order valence-corrected chi connectivity index (χ0v) is 10.6. The van der Waals surface area contributed by atoms with Crippen LogP contribution in [0.1, 0.15) is 30.6 Å². The van der Waals surface area contributed by atoms with Crippen LogP contribution in [0.15, 0.2) is 42.7 Å². The van der Waals surface area contributed by atoms with Gasteiger partial charge < -0.3 is 4.74 Å². The quantitative estimate of drug-likeness (QED) is 0.795. The van der Waals surface area contributed by atoms with E-state index < -0.39 is 0 Å². The fourth-order valence-corrected chi connectivity index (χ4v) is 2.59. The third-order valence-electron chi connectivity index (χ3n) is 3.55. The van der Waals surface area contributed by atoms with Crippen molar-refractivity contribution in [3.05, 3.63) is 53.9 Å². The highest BCUT2D eigenvalue weighted by Crippen LogP contribution is 2.32. The molecule has 0 saturated heterocycles. The highest BCUT2D eigenvalue weighted by Gasteiger charge is 2.19. The summed E-state index contributed by atoms with van der Waals surface area (Å²) in [6.07, 6.45) is 6.05. The number of pyridine rings is 1. The minimum atomic E-state index is 0.275. The minimum Gasteiger partial charge on any atom is -0.373 e. The van der Waals surface area contributed by atoms with E-state index in [1.807, 2.05) is 18.5 Å². The van der Waals surface area contributed by atoms with Gasteiger partial charge in [0, 0.05) is 12.4 Å². The molecular weight excluding hydrogens is 222 g/mol. The molecule has 1 aromatic carbocycles. The summed E-state index contributed by atoms with van der Waals surface area (Å²) in [5, 5.41) is 0. The second kappa shape index (κ2) is 4.91. The SMILES string of the molecule is CC[C@@H]1OCCc2cc(-c3cccnc3)ccc21. The van der Waals surface area contributed by atoms with Gasteiger partial charge in [-0.25, -0.2) is 0 Å². The summed E-state index contributed by atoms with van der Waals surface area (Å²) < 4.78 is 5.79. The van der Waals surface area contributed by atoms with Crippen LogP contribution in [0.4, 0.5) is 0 Å².